The molecule has 3 aliphatic rings. The molecule has 0 aromatic carbocycles. The number of carbonyl (C=O) groups is 1. The van der Waals surface area contributed by atoms with Gasteiger partial charge in [-0.15, -0.1) is 0 Å². The highest BCUT2D eigenvalue weighted by Crippen LogP contribution is 2.43. The molecule has 0 amide bonds. The molecule has 3 aliphatic heterocycles. The predicted molar refractivity (Wildman–Crippen MR) is 212 cm³/mol. The highest BCUT2D eigenvalue weighted by molar-refractivity contribution is 5.73. The maximum absolute atomic E-state index is 14.3. The zero-order valence-electron chi connectivity index (χ0n) is 36.8. The number of aliphatic hydroxyl groups is 5. The Labute approximate surface area is 336 Å². The van der Waals surface area contributed by atoms with E-state index in [9.17, 15) is 30.3 Å². The second kappa shape index (κ2) is 20.0. The van der Waals surface area contributed by atoms with Crippen molar-refractivity contribution in [1.29, 1.82) is 0 Å². The topological polar surface area (TPSA) is 201 Å². The molecule has 0 aromatic rings. The van der Waals surface area contributed by atoms with Crippen molar-refractivity contribution in [2.24, 2.45) is 17.8 Å². The molecule has 0 bridgehead atoms. The molecule has 330 valence electrons. The number of likely N-dealkylation sites (N-methyl/N-ethyl adjacent to an activating group) is 1. The summed E-state index contributed by atoms with van der Waals surface area (Å²) in [5.74, 6) is -2.66. The van der Waals surface area contributed by atoms with Crippen LogP contribution in [0.2, 0.25) is 0 Å². The zero-order chi connectivity index (χ0) is 42.6. The molecular weight excluding hydrogens is 726 g/mol. The van der Waals surface area contributed by atoms with E-state index in [4.69, 9.17) is 28.4 Å². The van der Waals surface area contributed by atoms with Gasteiger partial charge in [-0.05, 0) is 107 Å². The fraction of sp³-hybridized carbons (Fsp3) is 0.976. The van der Waals surface area contributed by atoms with Crippen molar-refractivity contribution in [3.63, 3.8) is 0 Å². The van der Waals surface area contributed by atoms with E-state index in [1.807, 2.05) is 53.6 Å². The van der Waals surface area contributed by atoms with E-state index in [2.05, 4.69) is 10.6 Å². The lowest BCUT2D eigenvalue weighted by Gasteiger charge is -2.53. The van der Waals surface area contributed by atoms with Crippen molar-refractivity contribution in [3.8, 4) is 0 Å². The van der Waals surface area contributed by atoms with E-state index in [-0.39, 0.29) is 43.9 Å². The standard InChI is InChI=1S/C41H79N3O12/c1-15-17-42-22-41(50)28(8)53-31(20-39(41,10)51-14)55-33-25(5)35(56-37-32(45)29(44(12)13)18-24(4)52-37)38(9,48)19-23(3)21-43-27(7)34(46)40(11,49)30(16-2)54-36(47)26(33)6/h23-35,37,42-43,45-46,48-50H,15-22H2,1-14H3/t23-,24-,25+,26-,27-,28+,29?,30-,31+,32-,33+,34-,35-,37+,38-,39-,40-,41+/m1/s1. The largest absolute Gasteiger partial charge is 0.459 e. The van der Waals surface area contributed by atoms with Gasteiger partial charge in [0.15, 0.2) is 12.6 Å². The fourth-order valence-corrected chi connectivity index (χ4v) is 9.21. The van der Waals surface area contributed by atoms with Gasteiger partial charge in [0.05, 0.1) is 35.9 Å². The lowest BCUT2D eigenvalue weighted by atomic mass is 9.75. The maximum atomic E-state index is 14.3. The fourth-order valence-electron chi connectivity index (χ4n) is 9.21. The first-order valence-corrected chi connectivity index (χ1v) is 20.9. The van der Waals surface area contributed by atoms with Gasteiger partial charge < -0.3 is 69.5 Å². The highest BCUT2D eigenvalue weighted by atomic mass is 16.7. The van der Waals surface area contributed by atoms with Crippen molar-refractivity contribution >= 4 is 5.97 Å². The van der Waals surface area contributed by atoms with Gasteiger partial charge in [0.1, 0.15) is 35.1 Å². The highest BCUT2D eigenvalue weighted by Gasteiger charge is 2.58. The lowest BCUT2D eigenvalue weighted by molar-refractivity contribution is -0.336. The van der Waals surface area contributed by atoms with E-state index in [1.165, 1.54) is 14.0 Å². The van der Waals surface area contributed by atoms with Gasteiger partial charge in [0, 0.05) is 38.1 Å². The van der Waals surface area contributed by atoms with Crippen LogP contribution in [0.3, 0.4) is 0 Å². The summed E-state index contributed by atoms with van der Waals surface area (Å²) in [6.45, 7) is 20.9. The number of carbonyl (C=O) groups excluding carboxylic acids is 1. The van der Waals surface area contributed by atoms with Gasteiger partial charge in [-0.25, -0.2) is 0 Å². The van der Waals surface area contributed by atoms with Crippen LogP contribution in [0.4, 0.5) is 0 Å². The van der Waals surface area contributed by atoms with Crippen LogP contribution in [0.5, 0.6) is 0 Å². The third-order valence-electron chi connectivity index (χ3n) is 13.0. The minimum Gasteiger partial charge on any atom is -0.459 e. The van der Waals surface area contributed by atoms with E-state index in [0.29, 0.717) is 19.5 Å². The molecule has 3 saturated heterocycles. The summed E-state index contributed by atoms with van der Waals surface area (Å²) in [7, 11) is 5.31. The van der Waals surface area contributed by atoms with Crippen molar-refractivity contribution in [1.82, 2.24) is 15.5 Å². The Hall–Kier alpha value is -1.05. The zero-order valence-corrected chi connectivity index (χ0v) is 36.8. The summed E-state index contributed by atoms with van der Waals surface area (Å²) in [4.78, 5) is 16.2. The van der Waals surface area contributed by atoms with Crippen LogP contribution in [-0.4, -0.2) is 167 Å². The maximum Gasteiger partial charge on any atom is 0.311 e. The third kappa shape index (κ3) is 11.0. The molecule has 3 fully saturated rings. The van der Waals surface area contributed by atoms with Gasteiger partial charge in [0.2, 0.25) is 0 Å². The molecule has 0 aromatic heterocycles. The number of nitrogens with zero attached hydrogens (tertiary/aromatic N) is 1. The second-order valence-electron chi connectivity index (χ2n) is 18.2. The van der Waals surface area contributed by atoms with Gasteiger partial charge in [-0.3, -0.25) is 4.79 Å². The SMILES string of the molecule is CCCNC[C@]1(O)[C@H](C)O[C@@H](O[C@H]2[C@H](C)[C@@H](O[C@@H]3O[C@H](C)CC(N(C)C)[C@H]3O)[C@](C)(O)C[C@@H](C)CN[C@H](C)[C@@H](O)[C@](C)(O)[C@@H](CC)OC(=O)[C@@H]2C)C[C@@]1(C)OC. The number of aliphatic hydroxyl groups excluding tert-OH is 2. The summed E-state index contributed by atoms with van der Waals surface area (Å²) in [5, 5.41) is 65.8. The third-order valence-corrected chi connectivity index (χ3v) is 13.0. The molecular formula is C41H79N3O12. The number of esters is 1. The minimum absolute atomic E-state index is 0.0939. The molecule has 3 heterocycles. The van der Waals surface area contributed by atoms with Crippen molar-refractivity contribution in [2.75, 3.05) is 40.8 Å². The molecule has 0 radical (unpaired) electrons. The van der Waals surface area contributed by atoms with Crippen LogP contribution in [-0.2, 0) is 33.2 Å². The molecule has 56 heavy (non-hydrogen) atoms. The Bertz CT molecular complexity index is 1230. The van der Waals surface area contributed by atoms with E-state index >= 15 is 0 Å². The average molecular weight is 806 g/mol. The predicted octanol–water partition coefficient (Wildman–Crippen LogP) is 1.93. The summed E-state index contributed by atoms with van der Waals surface area (Å²) < 4.78 is 38.3. The lowest BCUT2D eigenvalue weighted by Crippen LogP contribution is -2.70. The smallest absolute Gasteiger partial charge is 0.311 e. The molecule has 0 aliphatic carbocycles. The Morgan fingerprint density at radius 3 is 2.18 bits per heavy atom. The molecule has 15 nitrogen and oxygen atoms in total. The molecule has 18 atom stereocenters. The number of nitrogens with one attached hydrogen (secondary N) is 2. The van der Waals surface area contributed by atoms with Gasteiger partial charge in [0.25, 0.3) is 0 Å². The van der Waals surface area contributed by atoms with Crippen LogP contribution in [0, 0.1) is 17.8 Å². The first kappa shape index (κ1) is 49.3. The number of hydrogen-bond donors (Lipinski definition) is 7. The minimum atomic E-state index is -1.81. The molecule has 0 saturated carbocycles. The number of rotatable bonds is 11. The normalized spacial score (nSPS) is 47.9. The van der Waals surface area contributed by atoms with Crippen molar-refractivity contribution in [3.05, 3.63) is 0 Å². The Balaban J connectivity index is 2.16. The summed E-state index contributed by atoms with van der Waals surface area (Å²) in [6, 6.07) is -0.877. The Kier molecular flexibility index (Phi) is 17.6. The molecule has 7 N–H and O–H groups in total. The van der Waals surface area contributed by atoms with Crippen molar-refractivity contribution < 1.29 is 58.7 Å². The van der Waals surface area contributed by atoms with Crippen LogP contribution in [0.15, 0.2) is 0 Å². The van der Waals surface area contributed by atoms with Crippen molar-refractivity contribution in [2.45, 2.75) is 198 Å². The Morgan fingerprint density at radius 1 is 0.964 bits per heavy atom. The summed E-state index contributed by atoms with van der Waals surface area (Å²) >= 11 is 0. The number of methoxy groups -OCH3 is 1. The number of cyclic esters (lactones) is 1. The van der Waals surface area contributed by atoms with Crippen LogP contribution in [0.25, 0.3) is 0 Å². The van der Waals surface area contributed by atoms with Gasteiger partial charge >= 0.3 is 5.97 Å². The first-order chi connectivity index (χ1) is 25.9. The number of ether oxygens (including phenoxy) is 6. The van der Waals surface area contributed by atoms with E-state index in [0.717, 1.165) is 6.42 Å². The Morgan fingerprint density at radius 2 is 1.61 bits per heavy atom. The van der Waals surface area contributed by atoms with Crippen LogP contribution < -0.4 is 10.6 Å². The van der Waals surface area contributed by atoms with Gasteiger partial charge in [-0.2, -0.15) is 0 Å². The molecule has 3 rings (SSSR count). The van der Waals surface area contributed by atoms with Gasteiger partial charge in [-0.1, -0.05) is 27.7 Å². The molecule has 1 unspecified atom stereocenters. The van der Waals surface area contributed by atoms with Crippen LogP contribution in [0.1, 0.15) is 108 Å². The summed E-state index contributed by atoms with van der Waals surface area (Å²) in [6.07, 6.45) is -6.71. The van der Waals surface area contributed by atoms with Crippen LogP contribution >= 0.6 is 0 Å². The monoisotopic (exact) mass is 806 g/mol. The quantitative estimate of drug-likeness (QED) is 0.118. The molecule has 15 heteroatoms. The average Bonchev–Trinajstić information content (AvgIpc) is 3.12. The van der Waals surface area contributed by atoms with E-state index in [1.54, 1.807) is 34.6 Å². The first-order valence-electron chi connectivity index (χ1n) is 20.9. The second-order valence-corrected chi connectivity index (χ2v) is 18.2. The van der Waals surface area contributed by atoms with E-state index < -0.39 is 95.5 Å². The summed E-state index contributed by atoms with van der Waals surface area (Å²) in [5.41, 5.74) is -5.95. The number of hydrogen-bond acceptors (Lipinski definition) is 15. The molecule has 0 spiro atoms.